The van der Waals surface area contributed by atoms with Crippen molar-refractivity contribution >= 4 is 28.1 Å². The molecule has 0 unspecified atom stereocenters. The van der Waals surface area contributed by atoms with Gasteiger partial charge in [-0.25, -0.2) is 9.97 Å². The van der Waals surface area contributed by atoms with E-state index in [9.17, 15) is 9.59 Å². The van der Waals surface area contributed by atoms with Gasteiger partial charge in [0.2, 0.25) is 0 Å². The predicted molar refractivity (Wildman–Crippen MR) is 127 cm³/mol. The van der Waals surface area contributed by atoms with E-state index in [4.69, 9.17) is 9.47 Å². The number of fused-ring (bicyclic) bond motifs is 1. The first-order valence-corrected chi connectivity index (χ1v) is 11.4. The van der Waals surface area contributed by atoms with E-state index in [1.807, 2.05) is 25.3 Å². The maximum Gasteiger partial charge on any atom is 0.258 e. The summed E-state index contributed by atoms with van der Waals surface area (Å²) in [5.41, 5.74) is 3.39. The topological polar surface area (TPSA) is 97.4 Å². The standard InChI is InChI=1S/C24H24N4O4S/c1-15(2)28(11-22-26-19-7-5-4-6-18(19)23(29)27-22)24(30)16-8-9-20(21(10-16)31-3)32-12-17-13-33-14-25-17/h4-10,13-15H,11-12H2,1-3H3,(H,26,27,29). The van der Waals surface area contributed by atoms with Gasteiger partial charge in [0, 0.05) is 17.0 Å². The van der Waals surface area contributed by atoms with Crippen LogP contribution in [0, 0.1) is 0 Å². The van der Waals surface area contributed by atoms with Crippen LogP contribution in [0.2, 0.25) is 0 Å². The highest BCUT2D eigenvalue weighted by Gasteiger charge is 2.22. The van der Waals surface area contributed by atoms with Crippen molar-refractivity contribution in [2.45, 2.75) is 33.0 Å². The number of hydrogen-bond acceptors (Lipinski definition) is 7. The molecule has 1 N–H and O–H groups in total. The van der Waals surface area contributed by atoms with Crippen molar-refractivity contribution < 1.29 is 14.3 Å². The molecule has 0 spiro atoms. The lowest BCUT2D eigenvalue weighted by molar-refractivity contribution is 0.0684. The van der Waals surface area contributed by atoms with Crippen molar-refractivity contribution in [1.29, 1.82) is 0 Å². The van der Waals surface area contributed by atoms with Crippen molar-refractivity contribution in [3.8, 4) is 11.5 Å². The Labute approximate surface area is 194 Å². The molecule has 2 aromatic heterocycles. The third-order valence-electron chi connectivity index (χ3n) is 5.14. The van der Waals surface area contributed by atoms with Crippen LogP contribution in [0.3, 0.4) is 0 Å². The Kier molecular flexibility index (Phi) is 6.69. The lowest BCUT2D eigenvalue weighted by Gasteiger charge is -2.26. The molecule has 0 saturated heterocycles. The number of aromatic amines is 1. The maximum atomic E-state index is 13.4. The number of amides is 1. The molecule has 0 aliphatic heterocycles. The van der Waals surface area contributed by atoms with Gasteiger partial charge in [0.1, 0.15) is 12.4 Å². The molecule has 2 aromatic carbocycles. The summed E-state index contributed by atoms with van der Waals surface area (Å²) >= 11 is 1.50. The predicted octanol–water partition coefficient (Wildman–Crippen LogP) is 4.02. The highest BCUT2D eigenvalue weighted by Crippen LogP contribution is 2.29. The smallest absolute Gasteiger partial charge is 0.258 e. The van der Waals surface area contributed by atoms with Gasteiger partial charge in [-0.3, -0.25) is 9.59 Å². The van der Waals surface area contributed by atoms with E-state index in [1.165, 1.54) is 18.4 Å². The number of aromatic nitrogens is 3. The molecular weight excluding hydrogens is 440 g/mol. The second-order valence-corrected chi connectivity index (χ2v) is 8.41. The Bertz CT molecular complexity index is 1320. The molecule has 0 saturated carbocycles. The van der Waals surface area contributed by atoms with Gasteiger partial charge >= 0.3 is 0 Å². The van der Waals surface area contributed by atoms with Gasteiger partial charge < -0.3 is 19.4 Å². The highest BCUT2D eigenvalue weighted by atomic mass is 32.1. The number of H-pyrrole nitrogens is 1. The third kappa shape index (κ3) is 5.04. The minimum atomic E-state index is -0.227. The molecule has 170 valence electrons. The molecule has 0 atom stereocenters. The summed E-state index contributed by atoms with van der Waals surface area (Å²) < 4.78 is 11.3. The van der Waals surface area contributed by atoms with Crippen LogP contribution in [0.4, 0.5) is 0 Å². The Balaban J connectivity index is 1.57. The molecular formula is C24H24N4O4S. The quantitative estimate of drug-likeness (QED) is 0.423. The van der Waals surface area contributed by atoms with Crippen LogP contribution >= 0.6 is 11.3 Å². The van der Waals surface area contributed by atoms with E-state index in [-0.39, 0.29) is 24.1 Å². The molecule has 0 radical (unpaired) electrons. The first-order valence-electron chi connectivity index (χ1n) is 10.4. The zero-order valence-electron chi connectivity index (χ0n) is 18.6. The summed E-state index contributed by atoms with van der Waals surface area (Å²) in [6, 6.07) is 12.1. The summed E-state index contributed by atoms with van der Waals surface area (Å²) in [6.07, 6.45) is 0. The summed E-state index contributed by atoms with van der Waals surface area (Å²) in [6.45, 7) is 4.31. The fourth-order valence-corrected chi connectivity index (χ4v) is 3.95. The molecule has 9 heteroatoms. The van der Waals surface area contributed by atoms with Gasteiger partial charge in [-0.05, 0) is 44.2 Å². The van der Waals surface area contributed by atoms with Gasteiger partial charge in [-0.1, -0.05) is 12.1 Å². The number of carbonyl (C=O) groups is 1. The highest BCUT2D eigenvalue weighted by molar-refractivity contribution is 7.07. The van der Waals surface area contributed by atoms with Gasteiger partial charge in [0.05, 0.1) is 35.8 Å². The van der Waals surface area contributed by atoms with Gasteiger partial charge in [0.15, 0.2) is 11.5 Å². The lowest BCUT2D eigenvalue weighted by Crippen LogP contribution is -2.37. The number of rotatable bonds is 8. The molecule has 4 aromatic rings. The number of methoxy groups -OCH3 is 1. The second kappa shape index (κ2) is 9.83. The van der Waals surface area contributed by atoms with E-state index in [0.29, 0.717) is 40.4 Å². The monoisotopic (exact) mass is 464 g/mol. The minimum absolute atomic E-state index is 0.124. The van der Waals surface area contributed by atoms with Crippen molar-refractivity contribution in [3.05, 3.63) is 80.8 Å². The first-order chi connectivity index (χ1) is 16.0. The van der Waals surface area contributed by atoms with Crippen molar-refractivity contribution in [2.75, 3.05) is 7.11 Å². The minimum Gasteiger partial charge on any atom is -0.493 e. The Morgan fingerprint density at radius 3 is 2.73 bits per heavy atom. The van der Waals surface area contributed by atoms with Gasteiger partial charge in [-0.2, -0.15) is 0 Å². The van der Waals surface area contributed by atoms with Crippen molar-refractivity contribution in [2.24, 2.45) is 0 Å². The fourth-order valence-electron chi connectivity index (χ4n) is 3.41. The van der Waals surface area contributed by atoms with Gasteiger partial charge in [-0.15, -0.1) is 11.3 Å². The molecule has 0 bridgehead atoms. The third-order valence-corrected chi connectivity index (χ3v) is 5.77. The number of hydrogen-bond donors (Lipinski definition) is 1. The molecule has 33 heavy (non-hydrogen) atoms. The number of carbonyl (C=O) groups excluding carboxylic acids is 1. The number of nitrogens with zero attached hydrogens (tertiary/aromatic N) is 3. The van der Waals surface area contributed by atoms with Crippen LogP contribution in [-0.4, -0.2) is 38.9 Å². The largest absolute Gasteiger partial charge is 0.493 e. The first kappa shape index (κ1) is 22.5. The van der Waals surface area contributed by atoms with Gasteiger partial charge in [0.25, 0.3) is 11.5 Å². The molecule has 4 rings (SSSR count). The molecule has 0 fully saturated rings. The number of benzene rings is 2. The average Bonchev–Trinajstić information content (AvgIpc) is 3.34. The van der Waals surface area contributed by atoms with E-state index in [0.717, 1.165) is 5.69 Å². The zero-order chi connectivity index (χ0) is 23.4. The molecule has 0 aliphatic carbocycles. The normalized spacial score (nSPS) is 11.0. The Morgan fingerprint density at radius 1 is 1.18 bits per heavy atom. The van der Waals surface area contributed by atoms with E-state index in [2.05, 4.69) is 15.0 Å². The Morgan fingerprint density at radius 2 is 2.00 bits per heavy atom. The van der Waals surface area contributed by atoms with Crippen LogP contribution in [-0.2, 0) is 13.2 Å². The number of ether oxygens (including phenoxy) is 2. The molecule has 2 heterocycles. The molecule has 8 nitrogen and oxygen atoms in total. The lowest BCUT2D eigenvalue weighted by atomic mass is 10.1. The van der Waals surface area contributed by atoms with Crippen LogP contribution in [0.15, 0.2) is 58.1 Å². The van der Waals surface area contributed by atoms with Crippen LogP contribution in [0.1, 0.15) is 35.7 Å². The summed E-state index contributed by atoms with van der Waals surface area (Å²) in [7, 11) is 1.53. The van der Waals surface area contributed by atoms with Crippen molar-refractivity contribution in [1.82, 2.24) is 19.9 Å². The van der Waals surface area contributed by atoms with Crippen LogP contribution in [0.5, 0.6) is 11.5 Å². The zero-order valence-corrected chi connectivity index (χ0v) is 19.4. The van der Waals surface area contributed by atoms with Crippen LogP contribution < -0.4 is 15.0 Å². The van der Waals surface area contributed by atoms with E-state index in [1.54, 1.807) is 46.8 Å². The number of nitrogens with one attached hydrogen (secondary N) is 1. The molecule has 0 aliphatic rings. The summed E-state index contributed by atoms with van der Waals surface area (Å²) in [5.74, 6) is 1.21. The average molecular weight is 465 g/mol. The molecule has 1 amide bonds. The van der Waals surface area contributed by atoms with Crippen LogP contribution in [0.25, 0.3) is 10.9 Å². The second-order valence-electron chi connectivity index (χ2n) is 7.69. The summed E-state index contributed by atoms with van der Waals surface area (Å²) in [5, 5.41) is 2.43. The maximum absolute atomic E-state index is 13.4. The number of thiazole rings is 1. The van der Waals surface area contributed by atoms with E-state index < -0.39 is 0 Å². The SMILES string of the molecule is COc1cc(C(=O)N(Cc2nc3ccccc3c(=O)[nH]2)C(C)C)ccc1OCc1cscn1. The van der Waals surface area contributed by atoms with E-state index >= 15 is 0 Å². The Hall–Kier alpha value is -3.72. The fraction of sp³-hybridized carbons (Fsp3) is 0.250. The number of para-hydroxylation sites is 1. The van der Waals surface area contributed by atoms with Crippen molar-refractivity contribution in [3.63, 3.8) is 0 Å². The summed E-state index contributed by atoms with van der Waals surface area (Å²) in [4.78, 5) is 39.0.